The van der Waals surface area contributed by atoms with Crippen LogP contribution >= 0.6 is 11.6 Å². The van der Waals surface area contributed by atoms with Crippen molar-refractivity contribution in [2.24, 2.45) is 0 Å². The Kier molecular flexibility index (Phi) is 2.52. The lowest BCUT2D eigenvalue weighted by Crippen LogP contribution is -1.85. The Balaban J connectivity index is 2.54. The minimum absolute atomic E-state index is 0.153. The highest BCUT2D eigenvalue weighted by Crippen LogP contribution is 2.28. The Morgan fingerprint density at radius 2 is 1.80 bits per heavy atom. The Morgan fingerprint density at radius 3 is 2.47 bits per heavy atom. The van der Waals surface area contributed by atoms with Gasteiger partial charge in [0.2, 0.25) is 0 Å². The summed E-state index contributed by atoms with van der Waals surface area (Å²) < 4.78 is 0. The number of rotatable bonds is 1. The number of nitrogen functional groups attached to an aromatic ring is 1. The highest BCUT2D eigenvalue weighted by atomic mass is 35.5. The Hall–Kier alpha value is -1.67. The molecule has 0 atom stereocenters. The van der Waals surface area contributed by atoms with Gasteiger partial charge in [-0.1, -0.05) is 23.7 Å². The molecule has 0 amide bonds. The minimum Gasteiger partial charge on any atom is -0.508 e. The molecule has 0 aliphatic heterocycles. The summed E-state index contributed by atoms with van der Waals surface area (Å²) in [4.78, 5) is 0. The molecule has 2 aromatic carbocycles. The molecule has 0 unspecified atom stereocenters. The van der Waals surface area contributed by atoms with Gasteiger partial charge in [0.1, 0.15) is 5.75 Å². The third-order valence-electron chi connectivity index (χ3n) is 2.10. The molecular weight excluding hydrogens is 210 g/mol. The third kappa shape index (κ3) is 2.22. The van der Waals surface area contributed by atoms with Crippen molar-refractivity contribution in [2.45, 2.75) is 0 Å². The summed E-state index contributed by atoms with van der Waals surface area (Å²) in [5.41, 5.74) is 8.16. The quantitative estimate of drug-likeness (QED) is 0.723. The Labute approximate surface area is 92.9 Å². The van der Waals surface area contributed by atoms with E-state index in [0.717, 1.165) is 11.1 Å². The molecule has 0 bridgehead atoms. The van der Waals surface area contributed by atoms with E-state index in [1.807, 2.05) is 24.3 Å². The maximum atomic E-state index is 9.41. The lowest BCUT2D eigenvalue weighted by Gasteiger charge is -2.04. The molecule has 76 valence electrons. The zero-order chi connectivity index (χ0) is 10.8. The molecule has 3 heteroatoms. The van der Waals surface area contributed by atoms with Crippen LogP contribution in [0.2, 0.25) is 5.02 Å². The number of phenolic OH excluding ortho intramolecular Hbond substituents is 1. The van der Waals surface area contributed by atoms with E-state index >= 15 is 0 Å². The van der Waals surface area contributed by atoms with Crippen LogP contribution in [0.15, 0.2) is 42.5 Å². The number of phenols is 1. The van der Waals surface area contributed by atoms with Crippen LogP contribution in [0.3, 0.4) is 0 Å². The van der Waals surface area contributed by atoms with Crippen LogP contribution in [0, 0.1) is 0 Å². The molecule has 0 aliphatic carbocycles. The summed E-state index contributed by atoms with van der Waals surface area (Å²) in [6.45, 7) is 0. The van der Waals surface area contributed by atoms with E-state index in [1.165, 1.54) is 6.07 Å². The van der Waals surface area contributed by atoms with E-state index in [2.05, 4.69) is 0 Å². The standard InChI is InChI=1S/C12H10ClNO/c13-10-4-9(6-12(15)7-10)8-2-1-3-11(14)5-8/h1-7,15H,14H2. The first-order valence-electron chi connectivity index (χ1n) is 4.50. The summed E-state index contributed by atoms with van der Waals surface area (Å²) in [7, 11) is 0. The minimum atomic E-state index is 0.153. The number of hydrogen-bond acceptors (Lipinski definition) is 2. The van der Waals surface area contributed by atoms with Crippen LogP contribution in [-0.2, 0) is 0 Å². The molecule has 15 heavy (non-hydrogen) atoms. The van der Waals surface area contributed by atoms with Gasteiger partial charge in [-0.15, -0.1) is 0 Å². The lowest BCUT2D eigenvalue weighted by atomic mass is 10.1. The number of nitrogens with two attached hydrogens (primary N) is 1. The van der Waals surface area contributed by atoms with Gasteiger partial charge in [-0.3, -0.25) is 0 Å². The average Bonchev–Trinajstić information content (AvgIpc) is 2.16. The highest BCUT2D eigenvalue weighted by molar-refractivity contribution is 6.31. The molecule has 2 rings (SSSR count). The molecule has 0 heterocycles. The second kappa shape index (κ2) is 3.83. The van der Waals surface area contributed by atoms with E-state index < -0.39 is 0 Å². The summed E-state index contributed by atoms with van der Waals surface area (Å²) in [5, 5.41) is 9.92. The molecule has 2 aromatic rings. The first-order chi connectivity index (χ1) is 7.15. The molecule has 2 nitrogen and oxygen atoms in total. The van der Waals surface area contributed by atoms with Crippen molar-refractivity contribution in [3.05, 3.63) is 47.5 Å². The van der Waals surface area contributed by atoms with Crippen LogP contribution in [0.1, 0.15) is 0 Å². The molecule has 0 radical (unpaired) electrons. The number of aromatic hydroxyl groups is 1. The van der Waals surface area contributed by atoms with Crippen LogP contribution < -0.4 is 5.73 Å². The molecule has 0 spiro atoms. The van der Waals surface area contributed by atoms with Gasteiger partial charge >= 0.3 is 0 Å². The summed E-state index contributed by atoms with van der Waals surface area (Å²) >= 11 is 5.85. The molecule has 3 N–H and O–H groups in total. The van der Waals surface area contributed by atoms with Crippen molar-refractivity contribution >= 4 is 17.3 Å². The highest BCUT2D eigenvalue weighted by Gasteiger charge is 2.01. The number of halogens is 1. The maximum Gasteiger partial charge on any atom is 0.117 e. The number of benzene rings is 2. The predicted molar refractivity (Wildman–Crippen MR) is 63.0 cm³/mol. The maximum absolute atomic E-state index is 9.41. The summed E-state index contributed by atoms with van der Waals surface area (Å²) in [6.07, 6.45) is 0. The van der Waals surface area contributed by atoms with E-state index in [1.54, 1.807) is 12.1 Å². The zero-order valence-corrected chi connectivity index (χ0v) is 8.70. The van der Waals surface area contributed by atoms with Crippen molar-refractivity contribution < 1.29 is 5.11 Å². The van der Waals surface area contributed by atoms with Gasteiger partial charge in [-0.2, -0.15) is 0 Å². The van der Waals surface area contributed by atoms with Crippen molar-refractivity contribution in [3.8, 4) is 16.9 Å². The first-order valence-corrected chi connectivity index (χ1v) is 4.88. The smallest absolute Gasteiger partial charge is 0.117 e. The van der Waals surface area contributed by atoms with E-state index in [9.17, 15) is 5.11 Å². The van der Waals surface area contributed by atoms with Crippen LogP contribution in [-0.4, -0.2) is 5.11 Å². The van der Waals surface area contributed by atoms with Gasteiger partial charge in [0.05, 0.1) is 0 Å². The summed E-state index contributed by atoms with van der Waals surface area (Å²) in [6, 6.07) is 12.4. The lowest BCUT2D eigenvalue weighted by molar-refractivity contribution is 0.475. The average molecular weight is 220 g/mol. The van der Waals surface area contributed by atoms with Crippen molar-refractivity contribution in [2.75, 3.05) is 5.73 Å². The van der Waals surface area contributed by atoms with Gasteiger partial charge in [0.25, 0.3) is 0 Å². The Morgan fingerprint density at radius 1 is 1.00 bits per heavy atom. The number of anilines is 1. The monoisotopic (exact) mass is 219 g/mol. The largest absolute Gasteiger partial charge is 0.508 e. The fourth-order valence-corrected chi connectivity index (χ4v) is 1.69. The van der Waals surface area contributed by atoms with Crippen molar-refractivity contribution in [3.63, 3.8) is 0 Å². The Bertz CT molecular complexity index is 476. The first kappa shape index (κ1) is 9.87. The van der Waals surface area contributed by atoms with Crippen LogP contribution in [0.25, 0.3) is 11.1 Å². The molecule has 0 saturated heterocycles. The van der Waals surface area contributed by atoms with Crippen molar-refractivity contribution in [1.82, 2.24) is 0 Å². The topological polar surface area (TPSA) is 46.2 Å². The predicted octanol–water partition coefficient (Wildman–Crippen LogP) is 3.29. The van der Waals surface area contributed by atoms with E-state index in [4.69, 9.17) is 17.3 Å². The molecule has 0 aliphatic rings. The van der Waals surface area contributed by atoms with Gasteiger partial charge < -0.3 is 10.8 Å². The van der Waals surface area contributed by atoms with Crippen LogP contribution in [0.4, 0.5) is 5.69 Å². The van der Waals surface area contributed by atoms with E-state index in [-0.39, 0.29) is 5.75 Å². The molecular formula is C12H10ClNO. The second-order valence-corrected chi connectivity index (χ2v) is 3.76. The van der Waals surface area contributed by atoms with Gasteiger partial charge in [-0.25, -0.2) is 0 Å². The summed E-state index contributed by atoms with van der Waals surface area (Å²) in [5.74, 6) is 0.153. The van der Waals surface area contributed by atoms with Gasteiger partial charge in [0, 0.05) is 10.7 Å². The fourth-order valence-electron chi connectivity index (χ4n) is 1.46. The molecule has 0 aromatic heterocycles. The molecule has 0 saturated carbocycles. The van der Waals surface area contributed by atoms with Crippen LogP contribution in [0.5, 0.6) is 5.75 Å². The molecule has 0 fully saturated rings. The second-order valence-electron chi connectivity index (χ2n) is 3.32. The van der Waals surface area contributed by atoms with Gasteiger partial charge in [0.15, 0.2) is 0 Å². The zero-order valence-electron chi connectivity index (χ0n) is 7.94. The fraction of sp³-hybridized carbons (Fsp3) is 0. The third-order valence-corrected chi connectivity index (χ3v) is 2.32. The SMILES string of the molecule is Nc1cccc(-c2cc(O)cc(Cl)c2)c1. The van der Waals surface area contributed by atoms with Gasteiger partial charge in [-0.05, 0) is 41.5 Å². The number of hydrogen-bond donors (Lipinski definition) is 2. The van der Waals surface area contributed by atoms with E-state index in [0.29, 0.717) is 10.7 Å². The normalized spacial score (nSPS) is 10.2. The van der Waals surface area contributed by atoms with Crippen molar-refractivity contribution in [1.29, 1.82) is 0 Å².